The van der Waals surface area contributed by atoms with Crippen LogP contribution in [0.4, 0.5) is 4.79 Å². The molecule has 178 valence electrons. The first-order valence-corrected chi connectivity index (χ1v) is 12.0. The second-order valence-corrected chi connectivity index (χ2v) is 9.43. The predicted octanol–water partition coefficient (Wildman–Crippen LogP) is -0.00990. The van der Waals surface area contributed by atoms with E-state index in [1.54, 1.807) is 0 Å². The van der Waals surface area contributed by atoms with Crippen molar-refractivity contribution >= 4 is 33.4 Å². The molecule has 14 heteroatoms. The lowest BCUT2D eigenvalue weighted by Crippen LogP contribution is -2.50. The zero-order valence-corrected chi connectivity index (χ0v) is 18.3. The van der Waals surface area contributed by atoms with E-state index in [0.717, 1.165) is 24.0 Å². The molecule has 13 nitrogen and oxygen atoms in total. The van der Waals surface area contributed by atoms with Gasteiger partial charge in [0.25, 0.3) is 5.91 Å². The molecule has 1 aromatic carbocycles. The third-order valence-corrected chi connectivity index (χ3v) is 6.68. The Balaban J connectivity index is 1.12. The molecule has 3 fully saturated rings. The van der Waals surface area contributed by atoms with Gasteiger partial charge in [0.05, 0.1) is 30.0 Å². The molecule has 0 unspecified atom stereocenters. The molecule has 3 aliphatic heterocycles. The predicted molar refractivity (Wildman–Crippen MR) is 113 cm³/mol. The maximum absolute atomic E-state index is 12.6. The van der Waals surface area contributed by atoms with Crippen molar-refractivity contribution in [2.45, 2.75) is 43.4 Å². The molecule has 0 aliphatic carbocycles. The number of rotatable bonds is 7. The van der Waals surface area contributed by atoms with E-state index in [1.165, 1.54) is 4.90 Å². The van der Waals surface area contributed by atoms with Gasteiger partial charge in [0, 0.05) is 25.2 Å². The normalized spacial score (nSPS) is 27.5. The molecule has 2 bridgehead atoms. The summed E-state index contributed by atoms with van der Waals surface area (Å²) in [7, 11) is -4.83. The van der Waals surface area contributed by atoms with Crippen molar-refractivity contribution in [3.05, 3.63) is 30.6 Å². The minimum Gasteiger partial charge on any atom is -0.326 e. The maximum atomic E-state index is 12.6. The SMILES string of the molecule is O=C(NOC[C@@H]1C[C@@H](n2cnc3ccccc32)CN1)[C@@H]1CC[C@@H]2CN1C(=O)N2OS(=O)(=O)O. The topological polar surface area (TPSA) is 155 Å². The molecule has 3 saturated heterocycles. The monoisotopic (exact) mass is 480 g/mol. The summed E-state index contributed by atoms with van der Waals surface area (Å²) in [6.45, 7) is 1.12. The van der Waals surface area contributed by atoms with E-state index in [4.69, 9.17) is 9.39 Å². The number of nitrogens with zero attached hydrogens (tertiary/aromatic N) is 4. The van der Waals surface area contributed by atoms with Crippen LogP contribution < -0.4 is 10.8 Å². The fourth-order valence-corrected chi connectivity index (χ4v) is 5.18. The molecule has 4 atom stereocenters. The number of hydrogen-bond acceptors (Lipinski definition) is 8. The number of imidazole rings is 1. The lowest BCUT2D eigenvalue weighted by Gasteiger charge is -2.29. The van der Waals surface area contributed by atoms with Crippen molar-refractivity contribution < 1.29 is 31.7 Å². The number of benzene rings is 1. The summed E-state index contributed by atoms with van der Waals surface area (Å²) in [4.78, 5) is 36.1. The third-order valence-electron chi connectivity index (χ3n) is 6.33. The first-order valence-electron chi connectivity index (χ1n) is 10.6. The van der Waals surface area contributed by atoms with Gasteiger partial charge in [0.2, 0.25) is 0 Å². The number of nitrogens with one attached hydrogen (secondary N) is 2. The number of carbonyl (C=O) groups excluding carboxylic acids is 2. The van der Waals surface area contributed by atoms with Gasteiger partial charge in [-0.3, -0.25) is 14.2 Å². The van der Waals surface area contributed by atoms with Crippen LogP contribution in [-0.2, 0) is 24.3 Å². The van der Waals surface area contributed by atoms with Gasteiger partial charge in [0.15, 0.2) is 0 Å². The van der Waals surface area contributed by atoms with Crippen molar-refractivity contribution in [3.8, 4) is 0 Å². The molecule has 2 aromatic rings. The van der Waals surface area contributed by atoms with E-state index < -0.39 is 34.4 Å². The molecule has 5 rings (SSSR count). The highest BCUT2D eigenvalue weighted by Crippen LogP contribution is 2.31. The summed E-state index contributed by atoms with van der Waals surface area (Å²) in [6.07, 6.45) is 3.29. The van der Waals surface area contributed by atoms with Crippen LogP contribution in [0.2, 0.25) is 0 Å². The fourth-order valence-electron chi connectivity index (χ4n) is 4.79. The molecule has 1 aromatic heterocycles. The maximum Gasteiger partial charge on any atom is 0.418 e. The Kier molecular flexibility index (Phi) is 5.70. The Morgan fingerprint density at radius 1 is 1.27 bits per heavy atom. The number of carbonyl (C=O) groups is 2. The summed E-state index contributed by atoms with van der Waals surface area (Å²) in [5.74, 6) is -0.495. The van der Waals surface area contributed by atoms with Crippen LogP contribution in [0.1, 0.15) is 25.3 Å². The van der Waals surface area contributed by atoms with Crippen molar-refractivity contribution in [2.75, 3.05) is 19.7 Å². The van der Waals surface area contributed by atoms with Crippen LogP contribution in [0.15, 0.2) is 30.6 Å². The van der Waals surface area contributed by atoms with Crippen LogP contribution in [-0.4, -0.2) is 82.2 Å². The van der Waals surface area contributed by atoms with Crippen molar-refractivity contribution in [1.29, 1.82) is 0 Å². The largest absolute Gasteiger partial charge is 0.418 e. The molecule has 3 amide bonds. The lowest BCUT2D eigenvalue weighted by molar-refractivity contribution is -0.139. The third kappa shape index (κ3) is 4.39. The van der Waals surface area contributed by atoms with E-state index in [1.807, 2.05) is 30.6 Å². The van der Waals surface area contributed by atoms with Gasteiger partial charge >= 0.3 is 16.4 Å². The summed E-state index contributed by atoms with van der Waals surface area (Å²) >= 11 is 0. The number of piperidine rings is 1. The smallest absolute Gasteiger partial charge is 0.326 e. The highest BCUT2D eigenvalue weighted by Gasteiger charge is 2.49. The Morgan fingerprint density at radius 3 is 2.91 bits per heavy atom. The highest BCUT2D eigenvalue weighted by atomic mass is 32.3. The van der Waals surface area contributed by atoms with E-state index >= 15 is 0 Å². The first-order chi connectivity index (χ1) is 15.8. The zero-order chi connectivity index (χ0) is 23.2. The Labute approximate surface area is 189 Å². The van der Waals surface area contributed by atoms with Crippen molar-refractivity contribution in [1.82, 2.24) is 30.3 Å². The number of fused-ring (bicyclic) bond motifs is 3. The van der Waals surface area contributed by atoms with Crippen molar-refractivity contribution in [2.24, 2.45) is 0 Å². The number of para-hydroxylation sites is 2. The summed E-state index contributed by atoms with van der Waals surface area (Å²) in [6, 6.07) is 6.02. The highest BCUT2D eigenvalue weighted by molar-refractivity contribution is 7.80. The van der Waals surface area contributed by atoms with Gasteiger partial charge < -0.3 is 14.8 Å². The minimum atomic E-state index is -4.83. The molecular formula is C19H24N6O7S. The van der Waals surface area contributed by atoms with E-state index in [0.29, 0.717) is 17.9 Å². The van der Waals surface area contributed by atoms with Gasteiger partial charge in [-0.2, -0.15) is 13.5 Å². The van der Waals surface area contributed by atoms with E-state index in [2.05, 4.69) is 24.6 Å². The molecule has 0 radical (unpaired) electrons. The zero-order valence-electron chi connectivity index (χ0n) is 17.5. The van der Waals surface area contributed by atoms with Crippen LogP contribution in [0, 0.1) is 0 Å². The Hall–Kier alpha value is -2.78. The number of hydrogen-bond donors (Lipinski definition) is 3. The van der Waals surface area contributed by atoms with E-state index in [-0.39, 0.29) is 25.2 Å². The fraction of sp³-hybridized carbons (Fsp3) is 0.526. The summed E-state index contributed by atoms with van der Waals surface area (Å²) in [5, 5.41) is 3.98. The van der Waals surface area contributed by atoms with Crippen LogP contribution >= 0.6 is 0 Å². The average Bonchev–Trinajstić information content (AvgIpc) is 3.47. The van der Waals surface area contributed by atoms with E-state index in [9.17, 15) is 18.0 Å². The standard InChI is InChI=1S/C19H24N6O7S/c26-18(17-6-5-13-9-23(17)19(27)25(13)32-33(28,29)30)22-31-10-12-7-14(8-20-12)24-11-21-15-3-1-2-4-16(15)24/h1-4,11-14,17,20H,5-10H2,(H,22,26)(H,28,29,30)/t12-,13+,14+,17-/m0/s1. The van der Waals surface area contributed by atoms with Gasteiger partial charge in [-0.25, -0.2) is 15.3 Å². The molecular weight excluding hydrogens is 456 g/mol. The van der Waals surface area contributed by atoms with Crippen LogP contribution in [0.3, 0.4) is 0 Å². The molecule has 33 heavy (non-hydrogen) atoms. The van der Waals surface area contributed by atoms with Gasteiger partial charge in [-0.1, -0.05) is 12.1 Å². The number of hydroxylamine groups is 3. The van der Waals surface area contributed by atoms with Crippen molar-refractivity contribution in [3.63, 3.8) is 0 Å². The second-order valence-electron chi connectivity index (χ2n) is 8.42. The van der Waals surface area contributed by atoms with Crippen LogP contribution in [0.5, 0.6) is 0 Å². The molecule has 0 saturated carbocycles. The molecule has 3 aliphatic rings. The molecule has 3 N–H and O–H groups in total. The summed E-state index contributed by atoms with van der Waals surface area (Å²) < 4.78 is 37.3. The number of aromatic nitrogens is 2. The van der Waals surface area contributed by atoms with Gasteiger partial charge in [-0.05, 0) is 31.4 Å². The number of urea groups is 1. The van der Waals surface area contributed by atoms with Crippen LogP contribution in [0.25, 0.3) is 11.0 Å². The second kappa shape index (κ2) is 8.53. The number of amides is 3. The quantitative estimate of drug-likeness (QED) is 0.366. The Bertz CT molecular complexity index is 1170. The van der Waals surface area contributed by atoms with Gasteiger partial charge in [0.1, 0.15) is 6.04 Å². The first kappa shape index (κ1) is 22.0. The minimum absolute atomic E-state index is 0.0271. The summed E-state index contributed by atoms with van der Waals surface area (Å²) in [5.41, 5.74) is 4.41. The lowest BCUT2D eigenvalue weighted by atomic mass is 10.0. The average molecular weight is 481 g/mol. The Morgan fingerprint density at radius 2 is 2.09 bits per heavy atom. The molecule has 0 spiro atoms. The molecule has 4 heterocycles. The van der Waals surface area contributed by atoms with Gasteiger partial charge in [-0.15, -0.1) is 4.28 Å².